The summed E-state index contributed by atoms with van der Waals surface area (Å²) in [6, 6.07) is 1.44. The summed E-state index contributed by atoms with van der Waals surface area (Å²) in [6.45, 7) is 13.8. The van der Waals surface area contributed by atoms with Crippen molar-refractivity contribution in [3.05, 3.63) is 32.5 Å². The molecule has 0 aliphatic heterocycles. The maximum absolute atomic E-state index is 12.5. The summed E-state index contributed by atoms with van der Waals surface area (Å²) >= 11 is 3.15. The first kappa shape index (κ1) is 32.0. The summed E-state index contributed by atoms with van der Waals surface area (Å²) in [5.41, 5.74) is 2.62. The van der Waals surface area contributed by atoms with E-state index in [9.17, 15) is 19.2 Å². The van der Waals surface area contributed by atoms with Crippen molar-refractivity contribution >= 4 is 51.9 Å². The number of hydrogen-bond acceptors (Lipinski definition) is 9. The number of carbonyl (C=O) groups excluding carboxylic acids is 4. The van der Waals surface area contributed by atoms with Gasteiger partial charge in [-0.25, -0.2) is 24.8 Å². The lowest BCUT2D eigenvalue weighted by molar-refractivity contribution is -0.114. The van der Waals surface area contributed by atoms with Gasteiger partial charge in [-0.3, -0.25) is 4.79 Å². The molecule has 0 aliphatic rings. The molecule has 216 valence electrons. The number of imide groups is 1. The van der Waals surface area contributed by atoms with Crippen LogP contribution < -0.4 is 16.1 Å². The Bertz CT molecular complexity index is 1130. The van der Waals surface area contributed by atoms with Crippen molar-refractivity contribution in [3.8, 4) is 0 Å². The number of amides is 5. The van der Waals surface area contributed by atoms with E-state index < -0.39 is 29.4 Å². The quantitative estimate of drug-likeness (QED) is 0.273. The average Bonchev–Trinajstić information content (AvgIpc) is 3.36. The normalized spacial score (nSPS) is 11.5. The van der Waals surface area contributed by atoms with Crippen LogP contribution in [-0.4, -0.2) is 51.9 Å². The van der Waals surface area contributed by atoms with Crippen molar-refractivity contribution in [3.63, 3.8) is 0 Å². The first-order valence-corrected chi connectivity index (χ1v) is 14.3. The third kappa shape index (κ3) is 12.0. The van der Waals surface area contributed by atoms with Crippen LogP contribution in [0.3, 0.4) is 0 Å². The molecular formula is C26H39N5O6S2. The van der Waals surface area contributed by atoms with Crippen molar-refractivity contribution in [1.29, 1.82) is 0 Å². The number of urea groups is 1. The fraction of sp³-hybridized carbons (Fsp3) is 0.577. The number of rotatable bonds is 8. The van der Waals surface area contributed by atoms with Gasteiger partial charge in [0.05, 0.1) is 5.69 Å². The first-order valence-electron chi connectivity index (χ1n) is 12.6. The number of nitrogens with one attached hydrogen (secondary N) is 3. The molecule has 3 N–H and O–H groups in total. The maximum Gasteiger partial charge on any atom is 0.439 e. The number of hydrogen-bond donors (Lipinski definition) is 3. The van der Waals surface area contributed by atoms with E-state index >= 15 is 0 Å². The van der Waals surface area contributed by atoms with E-state index in [4.69, 9.17) is 9.47 Å². The van der Waals surface area contributed by atoms with Gasteiger partial charge in [-0.15, -0.1) is 27.7 Å². The van der Waals surface area contributed by atoms with Gasteiger partial charge in [0.25, 0.3) is 0 Å². The fourth-order valence-electron chi connectivity index (χ4n) is 3.22. The average molecular weight is 582 g/mol. The molecular weight excluding hydrogens is 542 g/mol. The van der Waals surface area contributed by atoms with E-state index in [0.29, 0.717) is 23.1 Å². The molecule has 0 aromatic carbocycles. The summed E-state index contributed by atoms with van der Waals surface area (Å²) in [6.07, 6.45) is 0.973. The molecule has 2 aromatic rings. The van der Waals surface area contributed by atoms with E-state index in [1.807, 2.05) is 5.38 Å². The lowest BCUT2D eigenvalue weighted by Gasteiger charge is -2.28. The van der Waals surface area contributed by atoms with Crippen LogP contribution >= 0.6 is 22.7 Å². The monoisotopic (exact) mass is 581 g/mol. The van der Waals surface area contributed by atoms with Gasteiger partial charge < -0.3 is 20.1 Å². The smallest absolute Gasteiger partial charge is 0.439 e. The van der Waals surface area contributed by atoms with Crippen LogP contribution in [-0.2, 0) is 33.5 Å². The number of aromatic nitrogens is 1. The SMILES string of the molecule is CC(=O)Nc1nc(CCc2cc(C)c(CCCNC(=O)NN(C(=O)OC(C)(C)C)C(=O)OC(C)(C)C)s2)cs1. The molecule has 2 rings (SSSR count). The number of nitrogens with zero attached hydrogens (tertiary/aromatic N) is 2. The van der Waals surface area contributed by atoms with Crippen LogP contribution in [0.25, 0.3) is 0 Å². The van der Waals surface area contributed by atoms with Crippen LogP contribution in [0.15, 0.2) is 11.4 Å². The largest absolute Gasteiger partial charge is 0.442 e. The van der Waals surface area contributed by atoms with Crippen molar-refractivity contribution in [2.75, 3.05) is 11.9 Å². The number of thiophene rings is 1. The fourth-order valence-corrected chi connectivity index (χ4v) is 5.23. The minimum Gasteiger partial charge on any atom is -0.442 e. The molecule has 2 heterocycles. The number of aryl methyl sites for hydroxylation is 4. The summed E-state index contributed by atoms with van der Waals surface area (Å²) in [4.78, 5) is 55.5. The zero-order chi connectivity index (χ0) is 29.4. The lowest BCUT2D eigenvalue weighted by atomic mass is 10.1. The van der Waals surface area contributed by atoms with E-state index in [2.05, 4.69) is 34.0 Å². The highest BCUT2D eigenvalue weighted by Gasteiger charge is 2.32. The second-order valence-electron chi connectivity index (χ2n) is 10.9. The second-order valence-corrected chi connectivity index (χ2v) is 13.0. The Morgan fingerprint density at radius 3 is 2.15 bits per heavy atom. The van der Waals surface area contributed by atoms with Gasteiger partial charge in [0.1, 0.15) is 11.2 Å². The predicted octanol–water partition coefficient (Wildman–Crippen LogP) is 5.58. The van der Waals surface area contributed by atoms with Crippen molar-refractivity contribution < 1.29 is 28.7 Å². The Labute approximate surface area is 237 Å². The van der Waals surface area contributed by atoms with E-state index in [1.54, 1.807) is 52.9 Å². The number of thiazole rings is 1. The van der Waals surface area contributed by atoms with E-state index in [1.165, 1.54) is 33.6 Å². The molecule has 0 saturated carbocycles. The van der Waals surface area contributed by atoms with Crippen LogP contribution in [0.2, 0.25) is 0 Å². The number of anilines is 1. The molecule has 13 heteroatoms. The van der Waals surface area contributed by atoms with Crippen LogP contribution in [0.4, 0.5) is 19.5 Å². The van der Waals surface area contributed by atoms with Gasteiger partial charge in [0.15, 0.2) is 5.13 Å². The third-order valence-electron chi connectivity index (χ3n) is 4.77. The standard InChI is InChI=1S/C26H39N5O6S2/c1-16-14-19(12-11-18-15-38-22(29-18)28-17(2)32)39-20(16)10-9-13-27-21(33)30-31(23(34)36-25(3,4)5)24(35)37-26(6,7)8/h14-15H,9-13H2,1-8H3,(H2,27,30,33)(H,28,29,32). The van der Waals surface area contributed by atoms with Gasteiger partial charge in [-0.1, -0.05) is 0 Å². The molecule has 0 fully saturated rings. The molecule has 39 heavy (non-hydrogen) atoms. The molecule has 5 amide bonds. The van der Waals surface area contributed by atoms with Gasteiger partial charge in [0, 0.05) is 28.6 Å². The Hall–Kier alpha value is -3.19. The van der Waals surface area contributed by atoms with E-state index in [0.717, 1.165) is 25.0 Å². The van der Waals surface area contributed by atoms with Crippen molar-refractivity contribution in [2.24, 2.45) is 0 Å². The highest BCUT2D eigenvalue weighted by Crippen LogP contribution is 2.25. The van der Waals surface area contributed by atoms with Gasteiger partial charge >= 0.3 is 18.2 Å². The summed E-state index contributed by atoms with van der Waals surface area (Å²) in [5.74, 6) is -0.134. The van der Waals surface area contributed by atoms with Crippen LogP contribution in [0.5, 0.6) is 0 Å². The van der Waals surface area contributed by atoms with Crippen LogP contribution in [0, 0.1) is 6.92 Å². The first-order chi connectivity index (χ1) is 18.0. The third-order valence-corrected chi connectivity index (χ3v) is 6.93. The Morgan fingerprint density at radius 2 is 1.59 bits per heavy atom. The Balaban J connectivity index is 1.84. The van der Waals surface area contributed by atoms with Crippen molar-refractivity contribution in [2.45, 2.75) is 92.3 Å². The van der Waals surface area contributed by atoms with Gasteiger partial charge in [-0.05, 0) is 85.8 Å². The highest BCUT2D eigenvalue weighted by molar-refractivity contribution is 7.14. The Kier molecular flexibility index (Phi) is 11.3. The molecule has 0 saturated heterocycles. The van der Waals surface area contributed by atoms with Crippen LogP contribution in [0.1, 0.15) is 75.9 Å². The van der Waals surface area contributed by atoms with Gasteiger partial charge in [0.2, 0.25) is 5.91 Å². The topological polar surface area (TPSA) is 139 Å². The molecule has 2 aromatic heterocycles. The number of hydrazine groups is 1. The second kappa shape index (κ2) is 13.7. The highest BCUT2D eigenvalue weighted by atomic mass is 32.1. The van der Waals surface area contributed by atoms with Crippen molar-refractivity contribution in [1.82, 2.24) is 20.7 Å². The Morgan fingerprint density at radius 1 is 0.974 bits per heavy atom. The summed E-state index contributed by atoms with van der Waals surface area (Å²) < 4.78 is 10.4. The minimum atomic E-state index is -1.04. The maximum atomic E-state index is 12.5. The zero-order valence-corrected chi connectivity index (χ0v) is 25.5. The number of carbonyl (C=O) groups is 4. The summed E-state index contributed by atoms with van der Waals surface area (Å²) in [5, 5.41) is 8.36. The summed E-state index contributed by atoms with van der Waals surface area (Å²) in [7, 11) is 0. The lowest BCUT2D eigenvalue weighted by Crippen LogP contribution is -2.55. The number of ether oxygens (including phenoxy) is 2. The zero-order valence-electron chi connectivity index (χ0n) is 23.9. The molecule has 0 bridgehead atoms. The molecule has 0 unspecified atom stereocenters. The molecule has 0 spiro atoms. The molecule has 0 radical (unpaired) electrons. The molecule has 0 aliphatic carbocycles. The predicted molar refractivity (Wildman–Crippen MR) is 152 cm³/mol. The van der Waals surface area contributed by atoms with E-state index in [-0.39, 0.29) is 5.91 Å². The minimum absolute atomic E-state index is 0.134. The molecule has 11 nitrogen and oxygen atoms in total. The molecule has 0 atom stereocenters. The van der Waals surface area contributed by atoms with Gasteiger partial charge in [-0.2, -0.15) is 0 Å².